The number of amides is 3. The number of carbonyl (C=O) groups excluding carboxylic acids is 3. The molecule has 3 aliphatic heterocycles. The highest BCUT2D eigenvalue weighted by Gasteiger charge is 2.42. The van der Waals surface area contributed by atoms with E-state index in [1.807, 2.05) is 38.6 Å². The quantitative estimate of drug-likeness (QED) is 0.183. The molecule has 2 aromatic heterocycles. The summed E-state index contributed by atoms with van der Waals surface area (Å²) in [5.41, 5.74) is 0.644. The van der Waals surface area contributed by atoms with Crippen LogP contribution in [0.1, 0.15) is 73.7 Å². The lowest BCUT2D eigenvalue weighted by Crippen LogP contribution is -2.48. The van der Waals surface area contributed by atoms with E-state index in [-0.39, 0.29) is 65.9 Å². The van der Waals surface area contributed by atoms with Gasteiger partial charge in [0.1, 0.15) is 11.7 Å². The standard InChI is InChI=1S/C35H43Br2N9O7/c1-18-6-26(7-19(2)52-18)45-17-28(37)32(42-45)41-33(47)30-11-25(16-44(30)34(48)22-8-24(38-5)13-39-12-22)40-31-27(9-23(36)10-29(31)46(50)51)35(49)43-14-20(3)53-21(4)15-43/h8-10,12-13,17-21,25-26,30,38,40H,6-7,11,14-16H2,1-5H3,(H,41,42,47)/t18?,19?,20-,21+,25-,26?,30+/m1/s1. The average Bonchev–Trinajstić information content (AvgIpc) is 3.70. The van der Waals surface area contributed by atoms with Crippen LogP contribution < -0.4 is 16.0 Å². The SMILES string of the molecule is CNc1cncc(C(=O)N2C[C@H](Nc3c(C(=O)N4C[C@@H](C)O[C@@H](C)C4)cc(Br)cc3[N+](=O)[O-])C[C@H]2C(=O)Nc2nn(C3CC(C)OC(C)C3)cc2Br)c1. The van der Waals surface area contributed by atoms with Crippen molar-refractivity contribution in [1.82, 2.24) is 24.6 Å². The number of halogens is 2. The summed E-state index contributed by atoms with van der Waals surface area (Å²) >= 11 is 6.89. The lowest BCUT2D eigenvalue weighted by atomic mass is 10.0. The van der Waals surface area contributed by atoms with Crippen LogP contribution >= 0.6 is 31.9 Å². The van der Waals surface area contributed by atoms with E-state index in [1.165, 1.54) is 17.2 Å². The summed E-state index contributed by atoms with van der Waals surface area (Å²) < 4.78 is 14.5. The Hall–Kier alpha value is -4.13. The molecule has 0 bridgehead atoms. The third-order valence-corrected chi connectivity index (χ3v) is 10.7. The van der Waals surface area contributed by atoms with Gasteiger partial charge < -0.3 is 35.2 Å². The number of carbonyl (C=O) groups is 3. The molecule has 3 aromatic rings. The topological polar surface area (TPSA) is 186 Å². The Kier molecular flexibility index (Phi) is 11.7. The number of anilines is 3. The van der Waals surface area contributed by atoms with Crippen LogP contribution in [-0.4, -0.2) is 110 Å². The number of morpholine rings is 1. The Labute approximate surface area is 323 Å². The van der Waals surface area contributed by atoms with Gasteiger partial charge in [-0.2, -0.15) is 5.10 Å². The molecular weight excluding hydrogens is 818 g/mol. The van der Waals surface area contributed by atoms with Gasteiger partial charge in [0.05, 0.1) is 56.7 Å². The van der Waals surface area contributed by atoms with Gasteiger partial charge >= 0.3 is 0 Å². The van der Waals surface area contributed by atoms with Crippen LogP contribution in [0.3, 0.4) is 0 Å². The summed E-state index contributed by atoms with van der Waals surface area (Å²) in [6.07, 6.45) is 6.10. The van der Waals surface area contributed by atoms with Crippen molar-refractivity contribution < 1.29 is 28.8 Å². The molecule has 3 N–H and O–H groups in total. The summed E-state index contributed by atoms with van der Waals surface area (Å²) in [4.78, 5) is 61.4. The summed E-state index contributed by atoms with van der Waals surface area (Å²) in [6.45, 7) is 8.40. The van der Waals surface area contributed by atoms with Crippen molar-refractivity contribution in [3.05, 3.63) is 67.0 Å². The minimum absolute atomic E-state index is 0.000628. The van der Waals surface area contributed by atoms with Crippen LogP contribution in [0.2, 0.25) is 0 Å². The zero-order valence-electron chi connectivity index (χ0n) is 30.0. The predicted molar refractivity (Wildman–Crippen MR) is 204 cm³/mol. The number of benzene rings is 1. The van der Waals surface area contributed by atoms with E-state index in [0.29, 0.717) is 33.5 Å². The number of hydrogen-bond acceptors (Lipinski definition) is 11. The zero-order valence-corrected chi connectivity index (χ0v) is 33.2. The second kappa shape index (κ2) is 16.1. The molecule has 16 nitrogen and oxygen atoms in total. The maximum atomic E-state index is 14.1. The van der Waals surface area contributed by atoms with Crippen LogP contribution in [0, 0.1) is 10.1 Å². The molecular formula is C35H43Br2N9O7. The van der Waals surface area contributed by atoms with Crippen LogP contribution in [-0.2, 0) is 14.3 Å². The molecule has 5 heterocycles. The second-order valence-corrected chi connectivity index (χ2v) is 15.8. The zero-order chi connectivity index (χ0) is 38.1. The third kappa shape index (κ3) is 8.66. The summed E-state index contributed by atoms with van der Waals surface area (Å²) in [5.74, 6) is -1.04. The first-order valence-electron chi connectivity index (χ1n) is 17.5. The number of ether oxygens (including phenoxy) is 2. The Balaban J connectivity index is 1.31. The van der Waals surface area contributed by atoms with Crippen LogP contribution in [0.15, 0.2) is 45.7 Å². The Morgan fingerprint density at radius 3 is 2.26 bits per heavy atom. The lowest BCUT2D eigenvalue weighted by Gasteiger charge is -2.35. The van der Waals surface area contributed by atoms with Gasteiger partial charge in [0.15, 0.2) is 5.82 Å². The maximum absolute atomic E-state index is 14.1. The van der Waals surface area contributed by atoms with E-state index in [0.717, 1.165) is 12.8 Å². The van der Waals surface area contributed by atoms with E-state index < -0.39 is 34.7 Å². The van der Waals surface area contributed by atoms with E-state index in [1.54, 1.807) is 30.3 Å². The molecule has 6 atom stereocenters. The molecule has 0 saturated carbocycles. The molecule has 53 heavy (non-hydrogen) atoms. The number of nitro groups is 1. The van der Waals surface area contributed by atoms with Gasteiger partial charge in [0, 0.05) is 61.9 Å². The molecule has 0 radical (unpaired) electrons. The van der Waals surface area contributed by atoms with Crippen LogP contribution in [0.5, 0.6) is 0 Å². The van der Waals surface area contributed by atoms with Gasteiger partial charge in [-0.05, 0) is 75.0 Å². The number of nitrogens with zero attached hydrogens (tertiary/aromatic N) is 6. The van der Waals surface area contributed by atoms with Crippen molar-refractivity contribution in [2.75, 3.05) is 42.6 Å². The molecule has 18 heteroatoms. The van der Waals surface area contributed by atoms with E-state index in [9.17, 15) is 24.5 Å². The van der Waals surface area contributed by atoms with Gasteiger partial charge in [0.25, 0.3) is 17.5 Å². The van der Waals surface area contributed by atoms with Crippen molar-refractivity contribution in [2.24, 2.45) is 0 Å². The Morgan fingerprint density at radius 2 is 1.60 bits per heavy atom. The fourth-order valence-electron chi connectivity index (χ4n) is 7.48. The first-order chi connectivity index (χ1) is 25.2. The highest BCUT2D eigenvalue weighted by molar-refractivity contribution is 9.10. The number of pyridine rings is 1. The predicted octanol–water partition coefficient (Wildman–Crippen LogP) is 5.46. The smallest absolute Gasteiger partial charge is 0.294 e. The van der Waals surface area contributed by atoms with Gasteiger partial charge in [-0.25, -0.2) is 0 Å². The van der Waals surface area contributed by atoms with Crippen LogP contribution in [0.25, 0.3) is 0 Å². The summed E-state index contributed by atoms with van der Waals surface area (Å²) in [6, 6.07) is 2.92. The summed E-state index contributed by atoms with van der Waals surface area (Å²) in [7, 11) is 1.71. The molecule has 3 saturated heterocycles. The molecule has 3 aliphatic rings. The fraction of sp³-hybridized carbons (Fsp3) is 0.514. The average molecular weight is 862 g/mol. The number of hydrogen-bond donors (Lipinski definition) is 3. The molecule has 0 aliphatic carbocycles. The fourth-order valence-corrected chi connectivity index (χ4v) is 8.31. The van der Waals surface area contributed by atoms with Gasteiger partial charge in [-0.1, -0.05) is 15.9 Å². The third-order valence-electron chi connectivity index (χ3n) is 9.68. The largest absolute Gasteiger partial charge is 0.387 e. The van der Waals surface area contributed by atoms with Crippen LogP contribution in [0.4, 0.5) is 22.9 Å². The van der Waals surface area contributed by atoms with Gasteiger partial charge in [-0.15, -0.1) is 0 Å². The summed E-state index contributed by atoms with van der Waals surface area (Å²) in [5, 5.41) is 26.2. The molecule has 284 valence electrons. The Bertz CT molecular complexity index is 1870. The Morgan fingerprint density at radius 1 is 0.925 bits per heavy atom. The molecule has 6 rings (SSSR count). The van der Waals surface area contributed by atoms with E-state index in [2.05, 4.69) is 52.8 Å². The molecule has 3 amide bonds. The van der Waals surface area contributed by atoms with Gasteiger partial charge in [-0.3, -0.25) is 34.2 Å². The number of likely N-dealkylation sites (tertiary alicyclic amines) is 1. The number of nitrogens with one attached hydrogen (secondary N) is 3. The highest BCUT2D eigenvalue weighted by atomic mass is 79.9. The van der Waals surface area contributed by atoms with Crippen molar-refractivity contribution in [3.63, 3.8) is 0 Å². The second-order valence-electron chi connectivity index (χ2n) is 14.0. The van der Waals surface area contributed by atoms with E-state index in [4.69, 9.17) is 14.6 Å². The molecule has 2 unspecified atom stereocenters. The van der Waals surface area contributed by atoms with Gasteiger partial charge in [0.2, 0.25) is 5.91 Å². The molecule has 1 aromatic carbocycles. The lowest BCUT2D eigenvalue weighted by molar-refractivity contribution is -0.384. The first-order valence-corrected chi connectivity index (χ1v) is 19.1. The number of nitro benzene ring substituents is 1. The van der Waals surface area contributed by atoms with Crippen molar-refractivity contribution in [2.45, 2.75) is 89.5 Å². The number of aromatic nitrogens is 3. The van der Waals surface area contributed by atoms with Crippen molar-refractivity contribution >= 4 is 72.5 Å². The normalized spacial score (nSPS) is 25.9. The molecule has 3 fully saturated rings. The first kappa shape index (κ1) is 38.6. The van der Waals surface area contributed by atoms with E-state index >= 15 is 0 Å². The highest BCUT2D eigenvalue weighted by Crippen LogP contribution is 2.37. The number of rotatable bonds is 9. The van der Waals surface area contributed by atoms with Crippen molar-refractivity contribution in [3.8, 4) is 0 Å². The maximum Gasteiger partial charge on any atom is 0.294 e. The monoisotopic (exact) mass is 859 g/mol. The minimum atomic E-state index is -1.01. The molecule has 0 spiro atoms. The minimum Gasteiger partial charge on any atom is -0.387 e. The van der Waals surface area contributed by atoms with Crippen molar-refractivity contribution in [1.29, 1.82) is 0 Å².